The van der Waals surface area contributed by atoms with E-state index in [4.69, 9.17) is 5.73 Å². The van der Waals surface area contributed by atoms with Gasteiger partial charge in [0.05, 0.1) is 4.83 Å². The number of phenols is 1. The first kappa shape index (κ1) is 9.55. The third kappa shape index (κ3) is 2.22. The summed E-state index contributed by atoms with van der Waals surface area (Å²) in [6, 6.07) is 7.13. The Kier molecular flexibility index (Phi) is 3.12. The SMILES string of the molecule is CC(N)C(Br)c1cccc(O)c1. The number of rotatable bonds is 2. The van der Waals surface area contributed by atoms with Crippen molar-refractivity contribution in [2.75, 3.05) is 0 Å². The smallest absolute Gasteiger partial charge is 0.115 e. The molecular weight excluding hydrogens is 218 g/mol. The van der Waals surface area contributed by atoms with Crippen molar-refractivity contribution in [1.82, 2.24) is 0 Å². The fourth-order valence-corrected chi connectivity index (χ4v) is 1.28. The van der Waals surface area contributed by atoms with Gasteiger partial charge in [-0.25, -0.2) is 0 Å². The van der Waals surface area contributed by atoms with Crippen molar-refractivity contribution in [3.8, 4) is 5.75 Å². The van der Waals surface area contributed by atoms with Crippen molar-refractivity contribution in [1.29, 1.82) is 0 Å². The zero-order valence-electron chi connectivity index (χ0n) is 6.87. The molecule has 2 atom stereocenters. The van der Waals surface area contributed by atoms with Crippen molar-refractivity contribution < 1.29 is 5.11 Å². The molecule has 1 aromatic rings. The maximum Gasteiger partial charge on any atom is 0.115 e. The molecule has 3 N–H and O–H groups in total. The molecule has 0 radical (unpaired) electrons. The molecule has 12 heavy (non-hydrogen) atoms. The zero-order chi connectivity index (χ0) is 9.14. The quantitative estimate of drug-likeness (QED) is 0.765. The van der Waals surface area contributed by atoms with Crippen LogP contribution in [0.15, 0.2) is 24.3 Å². The lowest BCUT2D eigenvalue weighted by Gasteiger charge is -2.13. The van der Waals surface area contributed by atoms with Crippen LogP contribution >= 0.6 is 15.9 Å². The van der Waals surface area contributed by atoms with Crippen molar-refractivity contribution in [3.05, 3.63) is 29.8 Å². The average molecular weight is 230 g/mol. The molecule has 0 aromatic heterocycles. The molecule has 0 spiro atoms. The van der Waals surface area contributed by atoms with E-state index in [2.05, 4.69) is 15.9 Å². The Hall–Kier alpha value is -0.540. The summed E-state index contributed by atoms with van der Waals surface area (Å²) >= 11 is 3.45. The topological polar surface area (TPSA) is 46.2 Å². The van der Waals surface area contributed by atoms with Gasteiger partial charge in [-0.2, -0.15) is 0 Å². The van der Waals surface area contributed by atoms with Gasteiger partial charge >= 0.3 is 0 Å². The van der Waals surface area contributed by atoms with E-state index >= 15 is 0 Å². The van der Waals surface area contributed by atoms with Gasteiger partial charge in [0.15, 0.2) is 0 Å². The first-order valence-electron chi connectivity index (χ1n) is 3.80. The van der Waals surface area contributed by atoms with E-state index in [0.717, 1.165) is 5.56 Å². The van der Waals surface area contributed by atoms with Crippen molar-refractivity contribution in [2.24, 2.45) is 5.73 Å². The van der Waals surface area contributed by atoms with Gasteiger partial charge in [0.25, 0.3) is 0 Å². The summed E-state index contributed by atoms with van der Waals surface area (Å²) in [6.45, 7) is 1.92. The van der Waals surface area contributed by atoms with Crippen LogP contribution in [0.2, 0.25) is 0 Å². The van der Waals surface area contributed by atoms with E-state index in [0.29, 0.717) is 0 Å². The lowest BCUT2D eigenvalue weighted by molar-refractivity contribution is 0.474. The predicted octanol–water partition coefficient (Wildman–Crippen LogP) is 2.18. The first-order chi connectivity index (χ1) is 5.61. The first-order valence-corrected chi connectivity index (χ1v) is 4.71. The summed E-state index contributed by atoms with van der Waals surface area (Å²) < 4.78 is 0. The highest BCUT2D eigenvalue weighted by molar-refractivity contribution is 9.09. The van der Waals surface area contributed by atoms with Crippen LogP contribution in [0.3, 0.4) is 0 Å². The highest BCUT2D eigenvalue weighted by Gasteiger charge is 2.11. The van der Waals surface area contributed by atoms with Crippen molar-refractivity contribution >= 4 is 15.9 Å². The Morgan fingerprint density at radius 2 is 2.17 bits per heavy atom. The predicted molar refractivity (Wildman–Crippen MR) is 53.4 cm³/mol. The highest BCUT2D eigenvalue weighted by atomic mass is 79.9. The standard InChI is InChI=1S/C9H12BrNO/c1-6(11)9(10)7-3-2-4-8(12)5-7/h2-6,9,12H,11H2,1H3. The average Bonchev–Trinajstić information content (AvgIpc) is 2.03. The second kappa shape index (κ2) is 3.92. The molecule has 0 saturated carbocycles. The molecule has 0 fully saturated rings. The summed E-state index contributed by atoms with van der Waals surface area (Å²) in [5.74, 6) is 0.276. The van der Waals surface area contributed by atoms with Crippen LogP contribution in [0.25, 0.3) is 0 Å². The molecule has 1 aromatic carbocycles. The molecule has 0 bridgehead atoms. The molecular formula is C9H12BrNO. The minimum Gasteiger partial charge on any atom is -0.508 e. The molecule has 1 rings (SSSR count). The van der Waals surface area contributed by atoms with E-state index in [-0.39, 0.29) is 16.6 Å². The monoisotopic (exact) mass is 229 g/mol. The number of aromatic hydroxyl groups is 1. The lowest BCUT2D eigenvalue weighted by Crippen LogP contribution is -2.20. The highest BCUT2D eigenvalue weighted by Crippen LogP contribution is 2.27. The Labute approximate surface area is 80.5 Å². The Bertz CT molecular complexity index is 262. The lowest BCUT2D eigenvalue weighted by atomic mass is 10.1. The zero-order valence-corrected chi connectivity index (χ0v) is 8.45. The molecule has 0 aliphatic rings. The van der Waals surface area contributed by atoms with E-state index < -0.39 is 0 Å². The van der Waals surface area contributed by atoms with Gasteiger partial charge in [-0.15, -0.1) is 0 Å². The Morgan fingerprint density at radius 1 is 1.50 bits per heavy atom. The van der Waals surface area contributed by atoms with Crippen LogP contribution in [-0.4, -0.2) is 11.1 Å². The number of hydrogen-bond donors (Lipinski definition) is 2. The van der Waals surface area contributed by atoms with Crippen LogP contribution < -0.4 is 5.73 Å². The second-order valence-corrected chi connectivity index (χ2v) is 3.84. The third-order valence-electron chi connectivity index (χ3n) is 1.65. The minimum atomic E-state index is 0.0341. The maximum absolute atomic E-state index is 9.18. The van der Waals surface area contributed by atoms with Crippen LogP contribution in [-0.2, 0) is 0 Å². The normalized spacial score (nSPS) is 15.6. The number of nitrogens with two attached hydrogens (primary N) is 1. The van der Waals surface area contributed by atoms with Gasteiger partial charge in [-0.05, 0) is 24.6 Å². The van der Waals surface area contributed by atoms with Gasteiger partial charge < -0.3 is 10.8 Å². The molecule has 66 valence electrons. The van der Waals surface area contributed by atoms with Gasteiger partial charge in [-0.1, -0.05) is 28.1 Å². The van der Waals surface area contributed by atoms with E-state index in [1.165, 1.54) is 0 Å². The molecule has 0 heterocycles. The van der Waals surface area contributed by atoms with Crippen LogP contribution in [0.4, 0.5) is 0 Å². The number of phenolic OH excluding ortho intramolecular Hbond substituents is 1. The molecule has 0 aliphatic heterocycles. The molecule has 2 nitrogen and oxygen atoms in total. The fourth-order valence-electron chi connectivity index (χ4n) is 1.000. The largest absolute Gasteiger partial charge is 0.508 e. The molecule has 2 unspecified atom stereocenters. The number of benzene rings is 1. The summed E-state index contributed by atoms with van der Waals surface area (Å²) in [4.78, 5) is 0.101. The van der Waals surface area contributed by atoms with Gasteiger partial charge in [0, 0.05) is 6.04 Å². The summed E-state index contributed by atoms with van der Waals surface area (Å²) in [5, 5.41) is 9.18. The van der Waals surface area contributed by atoms with Gasteiger partial charge in [0.1, 0.15) is 5.75 Å². The number of halogens is 1. The summed E-state index contributed by atoms with van der Waals surface area (Å²) in [6.07, 6.45) is 0. The van der Waals surface area contributed by atoms with Crippen molar-refractivity contribution in [2.45, 2.75) is 17.8 Å². The summed E-state index contributed by atoms with van der Waals surface area (Å²) in [7, 11) is 0. The number of alkyl halides is 1. The fraction of sp³-hybridized carbons (Fsp3) is 0.333. The minimum absolute atomic E-state index is 0.0341. The Morgan fingerprint density at radius 3 is 2.67 bits per heavy atom. The second-order valence-electron chi connectivity index (χ2n) is 2.86. The number of hydrogen-bond acceptors (Lipinski definition) is 2. The van der Waals surface area contributed by atoms with E-state index in [9.17, 15) is 5.11 Å². The summed E-state index contributed by atoms with van der Waals surface area (Å²) in [5.41, 5.74) is 6.69. The van der Waals surface area contributed by atoms with Crippen molar-refractivity contribution in [3.63, 3.8) is 0 Å². The molecule has 3 heteroatoms. The molecule has 0 aliphatic carbocycles. The van der Waals surface area contributed by atoms with E-state index in [1.807, 2.05) is 13.0 Å². The Balaban J connectivity index is 2.88. The molecule has 0 amide bonds. The van der Waals surface area contributed by atoms with Crippen LogP contribution in [0, 0.1) is 0 Å². The maximum atomic E-state index is 9.18. The van der Waals surface area contributed by atoms with Gasteiger partial charge in [-0.3, -0.25) is 0 Å². The van der Waals surface area contributed by atoms with Crippen LogP contribution in [0.1, 0.15) is 17.3 Å². The van der Waals surface area contributed by atoms with Crippen LogP contribution in [0.5, 0.6) is 5.75 Å². The third-order valence-corrected chi connectivity index (χ3v) is 3.01. The van der Waals surface area contributed by atoms with Gasteiger partial charge in [0.2, 0.25) is 0 Å². The molecule has 0 saturated heterocycles. The van der Waals surface area contributed by atoms with E-state index in [1.54, 1.807) is 18.2 Å².